The number of ether oxygens (including phenoxy) is 1. The van der Waals surface area contributed by atoms with Crippen molar-refractivity contribution in [2.75, 3.05) is 11.3 Å². The monoisotopic (exact) mass is 476 g/mol. The van der Waals surface area contributed by atoms with Gasteiger partial charge in [-0.2, -0.15) is 0 Å². The number of para-hydroxylation sites is 1. The Kier molecular flexibility index (Phi) is 11.1. The predicted molar refractivity (Wildman–Crippen MR) is 120 cm³/mol. The summed E-state index contributed by atoms with van der Waals surface area (Å²) < 4.78 is 32.9. The molecule has 5 N–H and O–H groups in total. The van der Waals surface area contributed by atoms with Crippen LogP contribution in [0.25, 0.3) is 0 Å². The van der Waals surface area contributed by atoms with Crippen molar-refractivity contribution in [3.63, 3.8) is 0 Å². The Morgan fingerprint density at radius 2 is 1.56 bits per heavy atom. The fourth-order valence-electron chi connectivity index (χ4n) is 2.17. The molecule has 0 heterocycles. The molecule has 0 spiro atoms. The first kappa shape index (κ1) is 29.6. The van der Waals surface area contributed by atoms with Crippen molar-refractivity contribution in [1.82, 2.24) is 5.32 Å². The number of hydrogen-bond donors (Lipinski definition) is 3. The Bertz CT molecular complexity index is 1060. The molecule has 0 aliphatic carbocycles. The third-order valence-corrected chi connectivity index (χ3v) is 5.15. The molecular formula is C20H25N2NaO8S. The van der Waals surface area contributed by atoms with Gasteiger partial charge in [-0.1, -0.05) is 12.1 Å². The van der Waals surface area contributed by atoms with Gasteiger partial charge in [-0.05, 0) is 57.2 Å². The maximum absolute atomic E-state index is 12.7. The number of carbonyl (C=O) groups excluding carboxylic acids is 2. The maximum atomic E-state index is 12.7. The van der Waals surface area contributed by atoms with Gasteiger partial charge in [-0.15, -0.1) is 0 Å². The van der Waals surface area contributed by atoms with E-state index in [-0.39, 0.29) is 56.9 Å². The van der Waals surface area contributed by atoms with Gasteiger partial charge in [0.2, 0.25) is 0 Å². The Balaban J connectivity index is 0.00000480. The first-order valence-corrected chi connectivity index (χ1v) is 10.3. The van der Waals surface area contributed by atoms with Gasteiger partial charge in [-0.3, -0.25) is 19.1 Å². The molecule has 0 aromatic heterocycles. The zero-order valence-electron chi connectivity index (χ0n) is 17.1. The second-order valence-corrected chi connectivity index (χ2v) is 9.02. The summed E-state index contributed by atoms with van der Waals surface area (Å²) >= 11 is 0. The summed E-state index contributed by atoms with van der Waals surface area (Å²) in [5.41, 5.74) is -0.751. The van der Waals surface area contributed by atoms with Gasteiger partial charge in [0.25, 0.3) is 15.9 Å². The van der Waals surface area contributed by atoms with Crippen molar-refractivity contribution < 1.29 is 38.1 Å². The van der Waals surface area contributed by atoms with Crippen LogP contribution in [0.2, 0.25) is 0 Å². The van der Waals surface area contributed by atoms with Crippen molar-refractivity contribution in [3.8, 4) is 5.75 Å². The molecule has 170 valence electrons. The topological polar surface area (TPSA) is 170 Å². The third-order valence-electron chi connectivity index (χ3n) is 3.77. The van der Waals surface area contributed by atoms with Crippen LogP contribution in [0, 0.1) is 5.41 Å². The second kappa shape index (κ2) is 12.0. The molecule has 2 rings (SSSR count). The van der Waals surface area contributed by atoms with Gasteiger partial charge in [0.05, 0.1) is 21.6 Å². The van der Waals surface area contributed by atoms with Crippen molar-refractivity contribution in [1.29, 1.82) is 0 Å². The van der Waals surface area contributed by atoms with Crippen LogP contribution < -0.4 is 14.8 Å². The molecule has 0 aliphatic heterocycles. The minimum absolute atomic E-state index is 0. The van der Waals surface area contributed by atoms with Gasteiger partial charge in [-0.25, -0.2) is 8.42 Å². The van der Waals surface area contributed by atoms with E-state index in [1.165, 1.54) is 48.5 Å². The number of nitrogens with one attached hydrogen (secondary N) is 2. The molecule has 32 heavy (non-hydrogen) atoms. The van der Waals surface area contributed by atoms with E-state index < -0.39 is 39.8 Å². The first-order chi connectivity index (χ1) is 13.9. The van der Waals surface area contributed by atoms with Crippen molar-refractivity contribution >= 4 is 63.1 Å². The average Bonchev–Trinajstić information content (AvgIpc) is 2.66. The summed E-state index contributed by atoms with van der Waals surface area (Å²) in [6.45, 7) is 4.49. The van der Waals surface area contributed by atoms with Gasteiger partial charge >= 0.3 is 41.5 Å². The first-order valence-electron chi connectivity index (χ1n) is 8.84. The van der Waals surface area contributed by atoms with E-state index in [9.17, 15) is 22.8 Å². The zero-order valence-corrected chi connectivity index (χ0v) is 17.9. The molecule has 2 aromatic carbocycles. The number of benzene rings is 2. The molecule has 0 fully saturated rings. The number of sulfonamides is 1. The van der Waals surface area contributed by atoms with Crippen molar-refractivity contribution in [2.24, 2.45) is 5.41 Å². The molecule has 0 atom stereocenters. The number of anilines is 1. The SMILES string of the molecule is CC(C)(C)C(=O)Oc1ccc(S(=O)(=O)Nc2ccccc2C(=O)NCC(=O)O)cc1.O.[NaH]. The minimum atomic E-state index is -4.06. The van der Waals surface area contributed by atoms with E-state index in [0.29, 0.717) is 0 Å². The summed E-state index contributed by atoms with van der Waals surface area (Å²) in [5, 5.41) is 10.9. The van der Waals surface area contributed by atoms with Crippen LogP contribution in [-0.4, -0.2) is 72.9 Å². The number of rotatable bonds is 7. The summed E-state index contributed by atoms with van der Waals surface area (Å²) in [6.07, 6.45) is 0. The van der Waals surface area contributed by atoms with E-state index in [4.69, 9.17) is 9.84 Å². The van der Waals surface area contributed by atoms with Crippen molar-refractivity contribution in [2.45, 2.75) is 25.7 Å². The summed E-state index contributed by atoms with van der Waals surface area (Å²) in [6, 6.07) is 11.0. The average molecular weight is 476 g/mol. The van der Waals surface area contributed by atoms with Crippen LogP contribution in [0.1, 0.15) is 31.1 Å². The summed E-state index contributed by atoms with van der Waals surface area (Å²) in [5.74, 6) is -2.23. The van der Waals surface area contributed by atoms with Crippen LogP contribution in [0.15, 0.2) is 53.4 Å². The molecule has 0 unspecified atom stereocenters. The summed E-state index contributed by atoms with van der Waals surface area (Å²) in [7, 11) is -4.06. The quantitative estimate of drug-likeness (QED) is 0.301. The van der Waals surface area contributed by atoms with Gasteiger partial charge < -0.3 is 20.6 Å². The Hall–Kier alpha value is -2.44. The fourth-order valence-corrected chi connectivity index (χ4v) is 3.25. The molecule has 1 amide bonds. The standard InChI is InChI=1S/C20H22N2O7S.Na.H2O.H/c1-20(2,3)19(26)29-13-8-10-14(11-9-13)30(27,28)22-16-7-5-4-6-15(16)18(25)21-12-17(23)24;;;/h4-11,22H,12H2,1-3H3,(H,21,25)(H,23,24);;1H2;. The molecule has 0 radical (unpaired) electrons. The van der Waals surface area contributed by atoms with Crippen LogP contribution >= 0.6 is 0 Å². The van der Waals surface area contributed by atoms with Crippen molar-refractivity contribution in [3.05, 3.63) is 54.1 Å². The Labute approximate surface area is 208 Å². The molecule has 0 bridgehead atoms. The molecule has 0 saturated carbocycles. The molecule has 0 aliphatic rings. The van der Waals surface area contributed by atoms with Crippen LogP contribution in [0.4, 0.5) is 5.69 Å². The number of carboxylic acids is 1. The van der Waals surface area contributed by atoms with Gasteiger partial charge in [0.15, 0.2) is 0 Å². The Morgan fingerprint density at radius 1 is 1.00 bits per heavy atom. The number of carboxylic acid groups (broad SMARTS) is 1. The summed E-state index contributed by atoms with van der Waals surface area (Å²) in [4.78, 5) is 34.6. The molecular weight excluding hydrogens is 451 g/mol. The number of esters is 1. The van der Waals surface area contributed by atoms with Crippen LogP contribution in [0.3, 0.4) is 0 Å². The van der Waals surface area contributed by atoms with E-state index in [2.05, 4.69) is 10.0 Å². The molecule has 10 nitrogen and oxygen atoms in total. The third kappa shape index (κ3) is 8.24. The zero-order chi connectivity index (χ0) is 22.5. The van der Waals surface area contributed by atoms with Gasteiger partial charge in [0, 0.05) is 0 Å². The number of amides is 1. The Morgan fingerprint density at radius 3 is 2.09 bits per heavy atom. The van der Waals surface area contributed by atoms with E-state index >= 15 is 0 Å². The van der Waals surface area contributed by atoms with E-state index in [1.807, 2.05) is 0 Å². The van der Waals surface area contributed by atoms with Gasteiger partial charge in [0.1, 0.15) is 12.3 Å². The van der Waals surface area contributed by atoms with E-state index in [0.717, 1.165) is 0 Å². The number of aliphatic carboxylic acids is 1. The molecule has 12 heteroatoms. The van der Waals surface area contributed by atoms with Crippen LogP contribution in [-0.2, 0) is 19.6 Å². The molecule has 2 aromatic rings. The van der Waals surface area contributed by atoms with E-state index in [1.54, 1.807) is 20.8 Å². The predicted octanol–water partition coefficient (Wildman–Crippen LogP) is 0.780. The normalized spacial score (nSPS) is 10.7. The number of carbonyl (C=O) groups is 3. The number of hydrogen-bond acceptors (Lipinski definition) is 6. The molecule has 0 saturated heterocycles. The second-order valence-electron chi connectivity index (χ2n) is 7.34. The van der Waals surface area contributed by atoms with Crippen LogP contribution in [0.5, 0.6) is 5.75 Å². The fraction of sp³-hybridized carbons (Fsp3) is 0.250.